The maximum Gasteiger partial charge on any atom is 0.417 e. The Kier molecular flexibility index (Phi) is 8.19. The van der Waals surface area contributed by atoms with E-state index in [4.69, 9.17) is 4.99 Å². The Balaban J connectivity index is 1.50. The van der Waals surface area contributed by atoms with Crippen molar-refractivity contribution in [3.8, 4) is 0 Å². The van der Waals surface area contributed by atoms with Gasteiger partial charge in [0, 0.05) is 38.3 Å². The van der Waals surface area contributed by atoms with Crippen molar-refractivity contribution in [3.63, 3.8) is 0 Å². The highest BCUT2D eigenvalue weighted by molar-refractivity contribution is 6.02. The van der Waals surface area contributed by atoms with Crippen LogP contribution >= 0.6 is 0 Å². The first-order valence-electron chi connectivity index (χ1n) is 12.9. The van der Waals surface area contributed by atoms with Gasteiger partial charge >= 0.3 is 6.18 Å². The Labute approximate surface area is 215 Å². The zero-order chi connectivity index (χ0) is 26.5. The lowest BCUT2D eigenvalue weighted by Gasteiger charge is -2.37. The van der Waals surface area contributed by atoms with Gasteiger partial charge in [-0.3, -0.25) is 14.6 Å². The Bertz CT molecular complexity index is 1120. The van der Waals surface area contributed by atoms with Crippen LogP contribution in [0.25, 0.3) is 0 Å². The number of alkyl halides is 3. The average molecular weight is 515 g/mol. The molecular formula is C28H33F3N4O2. The third kappa shape index (κ3) is 6.32. The van der Waals surface area contributed by atoms with Crippen molar-refractivity contribution in [3.05, 3.63) is 71.3 Å². The molecule has 0 unspecified atom stereocenters. The quantitative estimate of drug-likeness (QED) is 0.314. The molecule has 0 atom stereocenters. The maximum atomic E-state index is 13.4. The monoisotopic (exact) mass is 514 g/mol. The molecule has 4 rings (SSSR count). The lowest BCUT2D eigenvalue weighted by Crippen LogP contribution is -2.51. The van der Waals surface area contributed by atoms with Gasteiger partial charge in [-0.05, 0) is 31.4 Å². The smallest absolute Gasteiger partial charge is 0.354 e. The van der Waals surface area contributed by atoms with Gasteiger partial charge in [0.2, 0.25) is 5.91 Å². The summed E-state index contributed by atoms with van der Waals surface area (Å²) < 4.78 is 40.3. The van der Waals surface area contributed by atoms with Crippen LogP contribution < -0.4 is 5.32 Å². The fourth-order valence-corrected chi connectivity index (χ4v) is 4.57. The van der Waals surface area contributed by atoms with Crippen LogP contribution in [0.15, 0.2) is 59.6 Å². The van der Waals surface area contributed by atoms with Crippen molar-refractivity contribution in [2.45, 2.75) is 50.7 Å². The van der Waals surface area contributed by atoms with Gasteiger partial charge in [0.05, 0.1) is 11.1 Å². The summed E-state index contributed by atoms with van der Waals surface area (Å²) in [6.07, 6.45) is -0.182. The van der Waals surface area contributed by atoms with Crippen LogP contribution in [0.2, 0.25) is 0 Å². The zero-order valence-corrected chi connectivity index (χ0v) is 21.1. The molecule has 198 valence electrons. The molecule has 1 aliphatic carbocycles. The SMILES string of the molecule is CCCCCNC(=O)C1(N=C(c2ccccc2)N2CCN(C(=O)c3ccccc3C(F)(F)F)CC2)CC1. The second-order valence-electron chi connectivity index (χ2n) is 9.62. The van der Waals surface area contributed by atoms with E-state index in [1.165, 1.54) is 23.1 Å². The number of benzene rings is 2. The average Bonchev–Trinajstić information content (AvgIpc) is 3.70. The predicted molar refractivity (Wildman–Crippen MR) is 136 cm³/mol. The normalized spacial score (nSPS) is 17.5. The number of carbonyl (C=O) groups excluding carboxylic acids is 2. The lowest BCUT2D eigenvalue weighted by atomic mass is 10.1. The first kappa shape index (κ1) is 26.7. The number of carbonyl (C=O) groups is 2. The minimum Gasteiger partial charge on any atom is -0.354 e. The van der Waals surface area contributed by atoms with E-state index in [-0.39, 0.29) is 24.6 Å². The number of amides is 2. The Morgan fingerprint density at radius 1 is 0.919 bits per heavy atom. The number of nitrogens with one attached hydrogen (secondary N) is 1. The molecule has 1 heterocycles. The van der Waals surface area contributed by atoms with Crippen molar-refractivity contribution in [1.82, 2.24) is 15.1 Å². The van der Waals surface area contributed by atoms with Gasteiger partial charge in [0.1, 0.15) is 11.4 Å². The van der Waals surface area contributed by atoms with Gasteiger partial charge in [-0.25, -0.2) is 0 Å². The number of rotatable bonds is 8. The van der Waals surface area contributed by atoms with Gasteiger partial charge in [-0.15, -0.1) is 0 Å². The molecule has 0 spiro atoms. The standard InChI is InChI=1S/C28H33F3N4O2/c1-2-3-9-16-32-26(37)27(14-15-27)33-24(21-10-5-4-6-11-21)34-17-19-35(20-18-34)25(36)22-12-7-8-13-23(22)28(29,30)31/h4-8,10-13H,2-3,9,14-20H2,1H3,(H,32,37). The van der Waals surface area contributed by atoms with Crippen molar-refractivity contribution < 1.29 is 22.8 Å². The van der Waals surface area contributed by atoms with Gasteiger partial charge in [0.15, 0.2) is 0 Å². The van der Waals surface area contributed by atoms with E-state index in [1.807, 2.05) is 35.2 Å². The van der Waals surface area contributed by atoms with Crippen LogP contribution in [0, 0.1) is 0 Å². The number of nitrogens with zero attached hydrogens (tertiary/aromatic N) is 3. The Hall–Kier alpha value is -3.36. The van der Waals surface area contributed by atoms with Gasteiger partial charge < -0.3 is 15.1 Å². The zero-order valence-electron chi connectivity index (χ0n) is 21.1. The topological polar surface area (TPSA) is 65.0 Å². The first-order chi connectivity index (χ1) is 17.7. The molecule has 1 saturated heterocycles. The van der Waals surface area contributed by atoms with E-state index in [1.54, 1.807) is 0 Å². The van der Waals surface area contributed by atoms with Crippen LogP contribution in [0.4, 0.5) is 13.2 Å². The fraction of sp³-hybridized carbons (Fsp3) is 0.464. The van der Waals surface area contributed by atoms with Crippen molar-refractivity contribution in [2.75, 3.05) is 32.7 Å². The first-order valence-corrected chi connectivity index (χ1v) is 12.9. The van der Waals surface area contributed by atoms with Crippen molar-refractivity contribution >= 4 is 17.6 Å². The molecule has 2 fully saturated rings. The molecule has 9 heteroatoms. The number of aliphatic imine (C=N–C) groups is 1. The molecule has 2 amide bonds. The van der Waals surface area contributed by atoms with E-state index in [9.17, 15) is 22.8 Å². The van der Waals surface area contributed by atoms with Crippen LogP contribution in [0.3, 0.4) is 0 Å². The highest BCUT2D eigenvalue weighted by Crippen LogP contribution is 2.41. The van der Waals surface area contributed by atoms with E-state index >= 15 is 0 Å². The molecule has 37 heavy (non-hydrogen) atoms. The molecule has 1 saturated carbocycles. The number of halogens is 3. The van der Waals surface area contributed by atoms with E-state index in [2.05, 4.69) is 12.2 Å². The van der Waals surface area contributed by atoms with Gasteiger partial charge in [-0.1, -0.05) is 62.2 Å². The van der Waals surface area contributed by atoms with E-state index < -0.39 is 23.2 Å². The second kappa shape index (κ2) is 11.4. The van der Waals surface area contributed by atoms with Crippen LogP contribution in [-0.4, -0.2) is 65.7 Å². The number of hydrogen-bond acceptors (Lipinski definition) is 3. The maximum absolute atomic E-state index is 13.4. The number of piperazine rings is 1. The molecule has 6 nitrogen and oxygen atoms in total. The van der Waals surface area contributed by atoms with Crippen LogP contribution in [-0.2, 0) is 11.0 Å². The molecule has 2 aliphatic rings. The predicted octanol–water partition coefficient (Wildman–Crippen LogP) is 4.75. The summed E-state index contributed by atoms with van der Waals surface area (Å²) in [6, 6.07) is 14.5. The van der Waals surface area contributed by atoms with Gasteiger partial charge in [-0.2, -0.15) is 13.2 Å². The van der Waals surface area contributed by atoms with Crippen molar-refractivity contribution in [1.29, 1.82) is 0 Å². The molecule has 1 N–H and O–H groups in total. The summed E-state index contributed by atoms with van der Waals surface area (Å²) in [5.41, 5.74) is -1.17. The van der Waals surface area contributed by atoms with E-state index in [0.717, 1.165) is 30.9 Å². The molecule has 0 radical (unpaired) electrons. The minimum atomic E-state index is -4.60. The number of amidine groups is 1. The van der Waals surface area contributed by atoms with Crippen molar-refractivity contribution in [2.24, 2.45) is 4.99 Å². The highest BCUT2D eigenvalue weighted by Gasteiger charge is 2.50. The summed E-state index contributed by atoms with van der Waals surface area (Å²) in [4.78, 5) is 34.4. The molecule has 0 bridgehead atoms. The number of unbranched alkanes of at least 4 members (excludes halogenated alkanes) is 2. The number of hydrogen-bond donors (Lipinski definition) is 1. The third-order valence-electron chi connectivity index (χ3n) is 6.89. The Morgan fingerprint density at radius 2 is 1.54 bits per heavy atom. The highest BCUT2D eigenvalue weighted by atomic mass is 19.4. The third-order valence-corrected chi connectivity index (χ3v) is 6.89. The molecule has 2 aromatic rings. The second-order valence-corrected chi connectivity index (χ2v) is 9.62. The summed E-state index contributed by atoms with van der Waals surface area (Å²) in [7, 11) is 0. The summed E-state index contributed by atoms with van der Waals surface area (Å²) in [5, 5.41) is 3.03. The Morgan fingerprint density at radius 3 is 2.16 bits per heavy atom. The molecule has 0 aromatic heterocycles. The fourth-order valence-electron chi connectivity index (χ4n) is 4.57. The lowest BCUT2D eigenvalue weighted by molar-refractivity contribution is -0.138. The van der Waals surface area contributed by atoms with E-state index in [0.29, 0.717) is 38.3 Å². The molecular weight excluding hydrogens is 481 g/mol. The van der Waals surface area contributed by atoms with Crippen LogP contribution in [0.5, 0.6) is 0 Å². The summed E-state index contributed by atoms with van der Waals surface area (Å²) in [5.74, 6) is -0.00454. The largest absolute Gasteiger partial charge is 0.417 e. The van der Waals surface area contributed by atoms with Crippen LogP contribution in [0.1, 0.15) is 60.5 Å². The molecule has 1 aliphatic heterocycles. The summed E-state index contributed by atoms with van der Waals surface area (Å²) in [6.45, 7) is 4.07. The van der Waals surface area contributed by atoms with Gasteiger partial charge in [0.25, 0.3) is 5.91 Å². The minimum absolute atomic E-state index is 0.0606. The summed E-state index contributed by atoms with van der Waals surface area (Å²) >= 11 is 0. The molecule has 2 aromatic carbocycles.